The van der Waals surface area contributed by atoms with Crippen molar-refractivity contribution >= 4 is 11.6 Å². The summed E-state index contributed by atoms with van der Waals surface area (Å²) < 4.78 is 6.44. The molecule has 27 heavy (non-hydrogen) atoms. The SMILES string of the molecule is CCN(CC)CC(=O)N1CC(c2ccccc2)Oc2c(C)c(C)cc(C)c21. The number of anilines is 1. The third kappa shape index (κ3) is 3.86. The average molecular weight is 367 g/mol. The molecule has 0 saturated carbocycles. The van der Waals surface area contributed by atoms with Crippen molar-refractivity contribution in [3.8, 4) is 5.75 Å². The first-order valence-electron chi connectivity index (χ1n) is 9.81. The van der Waals surface area contributed by atoms with Crippen molar-refractivity contribution in [2.75, 3.05) is 31.1 Å². The Labute approximate surface area is 162 Å². The summed E-state index contributed by atoms with van der Waals surface area (Å²) in [7, 11) is 0. The van der Waals surface area contributed by atoms with E-state index >= 15 is 0 Å². The van der Waals surface area contributed by atoms with Crippen molar-refractivity contribution < 1.29 is 9.53 Å². The number of hydrogen-bond acceptors (Lipinski definition) is 3. The van der Waals surface area contributed by atoms with E-state index in [1.54, 1.807) is 0 Å². The van der Waals surface area contributed by atoms with Crippen LogP contribution < -0.4 is 9.64 Å². The molecule has 0 N–H and O–H groups in total. The summed E-state index contributed by atoms with van der Waals surface area (Å²) in [5.41, 5.74) is 5.42. The van der Waals surface area contributed by atoms with Crippen molar-refractivity contribution in [1.82, 2.24) is 4.90 Å². The van der Waals surface area contributed by atoms with Crippen molar-refractivity contribution in [1.29, 1.82) is 0 Å². The fourth-order valence-corrected chi connectivity index (χ4v) is 3.74. The molecule has 1 aliphatic rings. The van der Waals surface area contributed by atoms with E-state index in [1.807, 2.05) is 23.1 Å². The van der Waals surface area contributed by atoms with Crippen LogP contribution in [0.15, 0.2) is 36.4 Å². The van der Waals surface area contributed by atoms with Crippen molar-refractivity contribution in [3.63, 3.8) is 0 Å². The standard InChI is InChI=1S/C23H30N2O2/c1-6-24(7-2)15-21(26)25-14-20(19-11-9-8-10-12-19)27-23-18(5)16(3)13-17(4)22(23)25/h8-13,20H,6-7,14-15H2,1-5H3. The number of fused-ring (bicyclic) bond motifs is 1. The van der Waals surface area contributed by atoms with Crippen LogP contribution in [0.1, 0.15) is 42.2 Å². The van der Waals surface area contributed by atoms with E-state index in [-0.39, 0.29) is 12.0 Å². The molecular formula is C23H30N2O2. The maximum Gasteiger partial charge on any atom is 0.241 e. The fourth-order valence-electron chi connectivity index (χ4n) is 3.74. The summed E-state index contributed by atoms with van der Waals surface area (Å²) in [5, 5.41) is 0. The molecule has 1 amide bonds. The Bertz CT molecular complexity index is 813. The van der Waals surface area contributed by atoms with E-state index in [1.165, 1.54) is 5.56 Å². The minimum absolute atomic E-state index is 0.135. The van der Waals surface area contributed by atoms with Gasteiger partial charge in [0.15, 0.2) is 0 Å². The number of aryl methyl sites for hydroxylation is 2. The Hall–Kier alpha value is -2.33. The van der Waals surface area contributed by atoms with Gasteiger partial charge in [0, 0.05) is 0 Å². The number of amides is 1. The normalized spacial score (nSPS) is 16.2. The highest BCUT2D eigenvalue weighted by atomic mass is 16.5. The zero-order valence-electron chi connectivity index (χ0n) is 17.1. The molecule has 0 radical (unpaired) electrons. The molecule has 4 heteroatoms. The van der Waals surface area contributed by atoms with Crippen LogP contribution in [0.4, 0.5) is 5.69 Å². The predicted octanol–water partition coefficient (Wildman–Crippen LogP) is 4.42. The van der Waals surface area contributed by atoms with E-state index in [2.05, 4.69) is 57.7 Å². The van der Waals surface area contributed by atoms with Gasteiger partial charge in [-0.15, -0.1) is 0 Å². The van der Waals surface area contributed by atoms with E-state index in [4.69, 9.17) is 4.74 Å². The number of carbonyl (C=O) groups excluding carboxylic acids is 1. The van der Waals surface area contributed by atoms with E-state index in [9.17, 15) is 4.79 Å². The summed E-state index contributed by atoms with van der Waals surface area (Å²) in [6.07, 6.45) is -0.153. The van der Waals surface area contributed by atoms with Crippen LogP contribution in [0.25, 0.3) is 0 Å². The van der Waals surface area contributed by atoms with Crippen LogP contribution in [0.3, 0.4) is 0 Å². The smallest absolute Gasteiger partial charge is 0.241 e. The summed E-state index contributed by atoms with van der Waals surface area (Å²) >= 11 is 0. The predicted molar refractivity (Wildman–Crippen MR) is 111 cm³/mol. The highest BCUT2D eigenvalue weighted by Crippen LogP contribution is 2.44. The Morgan fingerprint density at radius 2 is 1.78 bits per heavy atom. The molecule has 0 aliphatic carbocycles. The van der Waals surface area contributed by atoms with Gasteiger partial charge in [-0.2, -0.15) is 0 Å². The molecular weight excluding hydrogens is 336 g/mol. The summed E-state index contributed by atoms with van der Waals surface area (Å²) in [4.78, 5) is 17.3. The Kier molecular flexibility index (Phi) is 5.85. The van der Waals surface area contributed by atoms with Crippen LogP contribution >= 0.6 is 0 Å². The number of nitrogens with zero attached hydrogens (tertiary/aromatic N) is 2. The number of ether oxygens (including phenoxy) is 1. The van der Waals surface area contributed by atoms with Gasteiger partial charge < -0.3 is 9.64 Å². The molecule has 0 bridgehead atoms. The summed E-state index contributed by atoms with van der Waals surface area (Å²) in [6, 6.07) is 12.3. The molecule has 2 aromatic rings. The minimum atomic E-state index is -0.153. The Balaban J connectivity index is 2.04. The third-order valence-electron chi connectivity index (χ3n) is 5.56. The van der Waals surface area contributed by atoms with Gasteiger partial charge >= 0.3 is 0 Å². The van der Waals surface area contributed by atoms with Crippen LogP contribution in [0, 0.1) is 20.8 Å². The van der Waals surface area contributed by atoms with Gasteiger partial charge in [-0.05, 0) is 56.1 Å². The molecule has 4 nitrogen and oxygen atoms in total. The third-order valence-corrected chi connectivity index (χ3v) is 5.56. The van der Waals surface area contributed by atoms with Crippen LogP contribution in [-0.4, -0.2) is 37.0 Å². The lowest BCUT2D eigenvalue weighted by molar-refractivity contribution is -0.120. The van der Waals surface area contributed by atoms with E-state index in [0.717, 1.165) is 41.2 Å². The number of hydrogen-bond donors (Lipinski definition) is 0. The molecule has 2 aromatic carbocycles. The van der Waals surface area contributed by atoms with Crippen LogP contribution in [-0.2, 0) is 4.79 Å². The number of likely N-dealkylation sites (N-methyl/N-ethyl adjacent to an activating group) is 1. The quantitative estimate of drug-likeness (QED) is 0.785. The van der Waals surface area contributed by atoms with Crippen molar-refractivity contribution in [2.24, 2.45) is 0 Å². The molecule has 1 heterocycles. The van der Waals surface area contributed by atoms with Gasteiger partial charge in [-0.25, -0.2) is 0 Å². The first kappa shape index (κ1) is 19.4. The molecule has 3 rings (SSSR count). The Morgan fingerprint density at radius 3 is 2.41 bits per heavy atom. The second kappa shape index (κ2) is 8.13. The van der Waals surface area contributed by atoms with Gasteiger partial charge in [0.25, 0.3) is 0 Å². The molecule has 0 saturated heterocycles. The number of benzene rings is 2. The lowest BCUT2D eigenvalue weighted by atomic mass is 9.98. The minimum Gasteiger partial charge on any atom is -0.481 e. The summed E-state index contributed by atoms with van der Waals surface area (Å²) in [5.74, 6) is 0.982. The van der Waals surface area contributed by atoms with Gasteiger partial charge in [0.2, 0.25) is 5.91 Å². The second-order valence-corrected chi connectivity index (χ2v) is 7.30. The number of rotatable bonds is 5. The zero-order valence-corrected chi connectivity index (χ0v) is 17.1. The van der Waals surface area contributed by atoms with Crippen molar-refractivity contribution in [3.05, 3.63) is 58.7 Å². The molecule has 0 aromatic heterocycles. The second-order valence-electron chi connectivity index (χ2n) is 7.30. The van der Waals surface area contributed by atoms with Gasteiger partial charge in [0.05, 0.1) is 18.8 Å². The van der Waals surface area contributed by atoms with Gasteiger partial charge in [-0.1, -0.05) is 50.2 Å². The highest BCUT2D eigenvalue weighted by Gasteiger charge is 2.33. The molecule has 144 valence electrons. The van der Waals surface area contributed by atoms with E-state index in [0.29, 0.717) is 13.1 Å². The molecule has 1 unspecified atom stereocenters. The lowest BCUT2D eigenvalue weighted by Crippen LogP contribution is -2.45. The van der Waals surface area contributed by atoms with Gasteiger partial charge in [-0.3, -0.25) is 9.69 Å². The Morgan fingerprint density at radius 1 is 1.11 bits per heavy atom. The molecule has 1 atom stereocenters. The monoisotopic (exact) mass is 366 g/mol. The van der Waals surface area contributed by atoms with Crippen molar-refractivity contribution in [2.45, 2.75) is 40.7 Å². The molecule has 0 spiro atoms. The maximum absolute atomic E-state index is 13.2. The lowest BCUT2D eigenvalue weighted by Gasteiger charge is -2.38. The molecule has 0 fully saturated rings. The number of carbonyl (C=O) groups is 1. The first-order valence-corrected chi connectivity index (χ1v) is 9.81. The summed E-state index contributed by atoms with van der Waals surface area (Å²) in [6.45, 7) is 13.1. The average Bonchev–Trinajstić information content (AvgIpc) is 2.69. The zero-order chi connectivity index (χ0) is 19.6. The van der Waals surface area contributed by atoms with Crippen LogP contribution in [0.2, 0.25) is 0 Å². The van der Waals surface area contributed by atoms with Crippen LogP contribution in [0.5, 0.6) is 5.75 Å². The van der Waals surface area contributed by atoms with E-state index < -0.39 is 0 Å². The van der Waals surface area contributed by atoms with Gasteiger partial charge in [0.1, 0.15) is 11.9 Å². The largest absolute Gasteiger partial charge is 0.481 e. The maximum atomic E-state index is 13.2. The topological polar surface area (TPSA) is 32.8 Å². The molecule has 1 aliphatic heterocycles. The first-order chi connectivity index (χ1) is 13.0. The fraction of sp³-hybridized carbons (Fsp3) is 0.435. The highest BCUT2D eigenvalue weighted by molar-refractivity contribution is 5.98.